The summed E-state index contributed by atoms with van der Waals surface area (Å²) < 4.78 is 11.4. The van der Waals surface area contributed by atoms with E-state index < -0.39 is 0 Å². The molecular formula is C26H21N3O2. The molecule has 0 aliphatic heterocycles. The van der Waals surface area contributed by atoms with E-state index in [-0.39, 0.29) is 17.4 Å². The number of rotatable bonds is 6. The molecule has 5 heteroatoms. The maximum atomic E-state index is 9.71. The van der Waals surface area contributed by atoms with E-state index in [4.69, 9.17) is 8.94 Å². The van der Waals surface area contributed by atoms with Crippen LogP contribution in [0.15, 0.2) is 81.7 Å². The first kappa shape index (κ1) is 19.1. The highest BCUT2D eigenvalue weighted by atomic mass is 16.5. The monoisotopic (exact) mass is 407 g/mol. The number of benzene rings is 2. The van der Waals surface area contributed by atoms with Crippen LogP contribution in [0.4, 0.5) is 0 Å². The van der Waals surface area contributed by atoms with Crippen molar-refractivity contribution >= 4 is 11.6 Å². The average Bonchev–Trinajstić information content (AvgIpc) is 3.18. The summed E-state index contributed by atoms with van der Waals surface area (Å²) >= 11 is 0. The summed E-state index contributed by atoms with van der Waals surface area (Å²) in [5.74, 6) is 3.24. The van der Waals surface area contributed by atoms with Crippen LogP contribution in [0.1, 0.15) is 59.5 Å². The Labute approximate surface area is 180 Å². The van der Waals surface area contributed by atoms with E-state index >= 15 is 0 Å². The summed E-state index contributed by atoms with van der Waals surface area (Å²) in [6, 6.07) is 26.1. The minimum absolute atomic E-state index is 0.187. The Hall–Kier alpha value is -3.91. The second kappa shape index (κ2) is 8.08. The lowest BCUT2D eigenvalue weighted by Crippen LogP contribution is -2.05. The van der Waals surface area contributed by atoms with Crippen molar-refractivity contribution in [1.29, 1.82) is 5.26 Å². The Morgan fingerprint density at radius 3 is 2.26 bits per heavy atom. The largest absolute Gasteiger partial charge is 0.461 e. The van der Waals surface area contributed by atoms with Crippen LogP contribution in [-0.4, -0.2) is 10.1 Å². The van der Waals surface area contributed by atoms with Crippen LogP contribution < -0.4 is 0 Å². The van der Waals surface area contributed by atoms with Gasteiger partial charge in [0.15, 0.2) is 5.82 Å². The van der Waals surface area contributed by atoms with Crippen molar-refractivity contribution in [3.05, 3.63) is 107 Å². The van der Waals surface area contributed by atoms with E-state index in [9.17, 15) is 5.26 Å². The number of furan rings is 1. The van der Waals surface area contributed by atoms with Gasteiger partial charge in [-0.15, -0.1) is 0 Å². The quantitative estimate of drug-likeness (QED) is 0.365. The zero-order valence-electron chi connectivity index (χ0n) is 17.1. The molecular weight excluding hydrogens is 386 g/mol. The highest BCUT2D eigenvalue weighted by molar-refractivity contribution is 5.85. The molecule has 0 N–H and O–H groups in total. The Kier molecular flexibility index (Phi) is 4.97. The molecule has 5 nitrogen and oxygen atoms in total. The molecule has 2 aromatic heterocycles. The molecule has 0 spiro atoms. The van der Waals surface area contributed by atoms with Crippen LogP contribution in [0.25, 0.3) is 11.6 Å². The summed E-state index contributed by atoms with van der Waals surface area (Å²) in [6.45, 7) is 2.21. The van der Waals surface area contributed by atoms with Gasteiger partial charge >= 0.3 is 0 Å². The third-order valence-electron chi connectivity index (χ3n) is 5.73. The molecule has 0 unspecified atom stereocenters. The fourth-order valence-electron chi connectivity index (χ4n) is 3.89. The number of nitriles is 1. The Bertz CT molecular complexity index is 1210. The maximum Gasteiger partial charge on any atom is 0.268 e. The Morgan fingerprint density at radius 1 is 1.03 bits per heavy atom. The highest BCUT2D eigenvalue weighted by Gasteiger charge is 2.36. The number of aromatic nitrogens is 2. The van der Waals surface area contributed by atoms with Gasteiger partial charge < -0.3 is 8.94 Å². The number of hydrogen-bond acceptors (Lipinski definition) is 5. The Balaban J connectivity index is 1.48. The molecule has 0 bridgehead atoms. The first-order chi connectivity index (χ1) is 15.2. The third kappa shape index (κ3) is 3.93. The topological polar surface area (TPSA) is 75.8 Å². The van der Waals surface area contributed by atoms with E-state index in [0.717, 1.165) is 23.3 Å². The molecule has 4 aromatic rings. The van der Waals surface area contributed by atoms with Crippen molar-refractivity contribution in [2.45, 2.75) is 25.2 Å². The lowest BCUT2D eigenvalue weighted by Gasteiger charge is -2.13. The first-order valence-corrected chi connectivity index (χ1v) is 10.4. The van der Waals surface area contributed by atoms with Crippen molar-refractivity contribution < 1.29 is 8.94 Å². The standard InChI is InChI=1S/C26H21N3O2/c1-17-14-22(17)23-13-12-21(30-23)15-20(16-27)26-28-25(29-31-26)24(18-8-4-2-5-9-18)19-10-6-3-7-11-19/h2-13,15,17,22,24H,14H2,1H3/b20-15+/t17-,22+/m1/s1. The molecule has 0 radical (unpaired) electrons. The summed E-state index contributed by atoms with van der Waals surface area (Å²) in [4.78, 5) is 4.59. The van der Waals surface area contributed by atoms with Crippen LogP contribution in [-0.2, 0) is 0 Å². The fraction of sp³-hybridized carbons (Fsp3) is 0.192. The van der Waals surface area contributed by atoms with Crippen molar-refractivity contribution in [2.75, 3.05) is 0 Å². The second-order valence-corrected chi connectivity index (χ2v) is 7.94. The van der Waals surface area contributed by atoms with E-state index in [1.54, 1.807) is 6.08 Å². The van der Waals surface area contributed by atoms with Crippen LogP contribution in [0, 0.1) is 17.2 Å². The van der Waals surface area contributed by atoms with Gasteiger partial charge in [-0.25, -0.2) is 0 Å². The summed E-state index contributed by atoms with van der Waals surface area (Å²) in [5, 5.41) is 13.9. The lowest BCUT2D eigenvalue weighted by molar-refractivity contribution is 0.400. The normalized spacial score (nSPS) is 18.2. The van der Waals surface area contributed by atoms with Gasteiger partial charge in [0.1, 0.15) is 23.2 Å². The molecule has 0 saturated heterocycles. The first-order valence-electron chi connectivity index (χ1n) is 10.4. The van der Waals surface area contributed by atoms with Crippen molar-refractivity contribution in [3.8, 4) is 6.07 Å². The van der Waals surface area contributed by atoms with Crippen molar-refractivity contribution in [2.24, 2.45) is 5.92 Å². The maximum absolute atomic E-state index is 9.71. The van der Waals surface area contributed by atoms with Crippen molar-refractivity contribution in [3.63, 3.8) is 0 Å². The minimum Gasteiger partial charge on any atom is -0.461 e. The summed E-state index contributed by atoms with van der Waals surface area (Å²) in [7, 11) is 0. The molecule has 2 heterocycles. The van der Waals surface area contributed by atoms with E-state index in [0.29, 0.717) is 23.4 Å². The van der Waals surface area contributed by atoms with Crippen LogP contribution in [0.2, 0.25) is 0 Å². The highest BCUT2D eigenvalue weighted by Crippen LogP contribution is 2.47. The number of nitrogens with zero attached hydrogens (tertiary/aromatic N) is 3. The molecule has 31 heavy (non-hydrogen) atoms. The van der Waals surface area contributed by atoms with Gasteiger partial charge in [0, 0.05) is 12.0 Å². The number of hydrogen-bond donors (Lipinski definition) is 0. The molecule has 0 amide bonds. The smallest absolute Gasteiger partial charge is 0.268 e. The van der Waals surface area contributed by atoms with Gasteiger partial charge in [0.2, 0.25) is 0 Å². The van der Waals surface area contributed by atoms with Crippen LogP contribution in [0.5, 0.6) is 0 Å². The second-order valence-electron chi connectivity index (χ2n) is 7.94. The molecule has 2 aromatic carbocycles. The van der Waals surface area contributed by atoms with Gasteiger partial charge in [0.05, 0.1) is 5.92 Å². The predicted octanol–water partition coefficient (Wildman–Crippen LogP) is 6.03. The predicted molar refractivity (Wildman–Crippen MR) is 117 cm³/mol. The van der Waals surface area contributed by atoms with Crippen LogP contribution >= 0.6 is 0 Å². The van der Waals surface area contributed by atoms with Gasteiger partial charge in [-0.05, 0) is 35.6 Å². The van der Waals surface area contributed by atoms with Crippen molar-refractivity contribution in [1.82, 2.24) is 10.1 Å². The van der Waals surface area contributed by atoms with E-state index in [2.05, 4.69) is 23.1 Å². The molecule has 2 atom stereocenters. The van der Waals surface area contributed by atoms with E-state index in [1.807, 2.05) is 72.8 Å². The molecule has 152 valence electrons. The average molecular weight is 407 g/mol. The fourth-order valence-corrected chi connectivity index (χ4v) is 3.89. The zero-order valence-corrected chi connectivity index (χ0v) is 17.1. The SMILES string of the molecule is C[C@@H]1C[C@@H]1c1ccc(/C=C(\C#N)c2nc(C(c3ccccc3)c3ccccc3)no2)o1. The van der Waals surface area contributed by atoms with Gasteiger partial charge in [0.25, 0.3) is 5.89 Å². The van der Waals surface area contributed by atoms with Gasteiger partial charge in [-0.3, -0.25) is 0 Å². The van der Waals surface area contributed by atoms with Gasteiger partial charge in [-0.2, -0.15) is 10.2 Å². The lowest BCUT2D eigenvalue weighted by atomic mass is 9.91. The van der Waals surface area contributed by atoms with Crippen LogP contribution in [0.3, 0.4) is 0 Å². The van der Waals surface area contributed by atoms with E-state index in [1.165, 1.54) is 0 Å². The molecule has 5 rings (SSSR count). The molecule has 1 aliphatic carbocycles. The summed E-state index contributed by atoms with van der Waals surface area (Å²) in [5.41, 5.74) is 2.39. The zero-order chi connectivity index (χ0) is 21.2. The molecule has 1 aliphatic rings. The third-order valence-corrected chi connectivity index (χ3v) is 5.73. The molecule has 1 saturated carbocycles. The molecule has 1 fully saturated rings. The Morgan fingerprint density at radius 2 is 1.68 bits per heavy atom. The minimum atomic E-state index is -0.189. The number of allylic oxidation sites excluding steroid dienone is 1. The van der Waals surface area contributed by atoms with Gasteiger partial charge in [-0.1, -0.05) is 72.7 Å². The summed E-state index contributed by atoms with van der Waals surface area (Å²) in [6.07, 6.45) is 2.81.